The second-order valence-corrected chi connectivity index (χ2v) is 5.27. The van der Waals surface area contributed by atoms with Gasteiger partial charge in [-0.1, -0.05) is 24.3 Å². The van der Waals surface area contributed by atoms with Crippen molar-refractivity contribution < 1.29 is 0 Å². The van der Waals surface area contributed by atoms with Crippen molar-refractivity contribution in [1.82, 2.24) is 15.5 Å². The first kappa shape index (κ1) is 13.5. The number of hydrogen-bond acceptors (Lipinski definition) is 3. The van der Waals surface area contributed by atoms with Crippen LogP contribution in [-0.4, -0.2) is 44.7 Å². The van der Waals surface area contributed by atoms with Gasteiger partial charge in [0.2, 0.25) is 0 Å². The summed E-state index contributed by atoms with van der Waals surface area (Å²) in [6, 6.07) is 9.75. The van der Waals surface area contributed by atoms with Crippen LogP contribution in [-0.2, 0) is 0 Å². The van der Waals surface area contributed by atoms with E-state index in [0.717, 1.165) is 26.1 Å². The molecule has 1 heterocycles. The van der Waals surface area contributed by atoms with Crippen LogP contribution in [0.4, 0.5) is 0 Å². The van der Waals surface area contributed by atoms with E-state index in [1.807, 2.05) is 0 Å². The molecule has 0 bridgehead atoms. The number of hydrogen-bond donors (Lipinski definition) is 2. The molecule has 2 rings (SSSR count). The first-order valence-electron chi connectivity index (χ1n) is 6.86. The Hall–Kier alpha value is -0.900. The minimum absolute atomic E-state index is 0.443. The molecule has 2 N–H and O–H groups in total. The third kappa shape index (κ3) is 3.10. The zero-order chi connectivity index (χ0) is 13.0. The SMILES string of the molecule is CNC(CC1CNCCN1C)c1ccccc1C. The summed E-state index contributed by atoms with van der Waals surface area (Å²) in [6.07, 6.45) is 1.16. The molecule has 0 radical (unpaired) electrons. The molecule has 1 fully saturated rings. The lowest BCUT2D eigenvalue weighted by atomic mass is 9.94. The van der Waals surface area contributed by atoms with Crippen molar-refractivity contribution in [2.24, 2.45) is 0 Å². The van der Waals surface area contributed by atoms with Crippen molar-refractivity contribution in [3.8, 4) is 0 Å². The van der Waals surface area contributed by atoms with E-state index in [2.05, 4.69) is 60.8 Å². The number of benzene rings is 1. The highest BCUT2D eigenvalue weighted by molar-refractivity contribution is 5.28. The standard InChI is InChI=1S/C15H25N3/c1-12-6-4-5-7-14(12)15(16-2)10-13-11-17-8-9-18(13)3/h4-7,13,15-17H,8-11H2,1-3H3. The maximum absolute atomic E-state index is 3.49. The molecule has 1 aromatic carbocycles. The zero-order valence-electron chi connectivity index (χ0n) is 11.7. The van der Waals surface area contributed by atoms with Crippen LogP contribution in [0.3, 0.4) is 0 Å². The Morgan fingerprint density at radius 2 is 2.22 bits per heavy atom. The predicted octanol–water partition coefficient (Wildman–Crippen LogP) is 1.55. The van der Waals surface area contributed by atoms with E-state index >= 15 is 0 Å². The molecular formula is C15H25N3. The summed E-state index contributed by atoms with van der Waals surface area (Å²) in [4.78, 5) is 2.47. The highest BCUT2D eigenvalue weighted by Gasteiger charge is 2.23. The monoisotopic (exact) mass is 247 g/mol. The highest BCUT2D eigenvalue weighted by Crippen LogP contribution is 2.23. The molecule has 100 valence electrons. The largest absolute Gasteiger partial charge is 0.314 e. The molecular weight excluding hydrogens is 222 g/mol. The van der Waals surface area contributed by atoms with Crippen molar-refractivity contribution in [3.05, 3.63) is 35.4 Å². The lowest BCUT2D eigenvalue weighted by Gasteiger charge is -2.35. The van der Waals surface area contributed by atoms with Gasteiger partial charge < -0.3 is 15.5 Å². The highest BCUT2D eigenvalue weighted by atomic mass is 15.2. The van der Waals surface area contributed by atoms with Gasteiger partial charge in [0.15, 0.2) is 0 Å². The third-order valence-corrected chi connectivity index (χ3v) is 4.06. The van der Waals surface area contributed by atoms with Crippen LogP contribution in [0.5, 0.6) is 0 Å². The number of piperazine rings is 1. The van der Waals surface area contributed by atoms with E-state index in [0.29, 0.717) is 12.1 Å². The fourth-order valence-electron chi connectivity index (χ4n) is 2.78. The Balaban J connectivity index is 2.07. The van der Waals surface area contributed by atoms with Crippen LogP contribution < -0.4 is 10.6 Å². The van der Waals surface area contributed by atoms with Crippen LogP contribution in [0.15, 0.2) is 24.3 Å². The molecule has 1 aliphatic heterocycles. The summed E-state index contributed by atoms with van der Waals surface area (Å²) in [5, 5.41) is 6.96. The lowest BCUT2D eigenvalue weighted by Crippen LogP contribution is -2.50. The molecule has 3 heteroatoms. The molecule has 2 atom stereocenters. The fourth-order valence-corrected chi connectivity index (χ4v) is 2.78. The number of likely N-dealkylation sites (N-methyl/N-ethyl adjacent to an activating group) is 1. The van der Waals surface area contributed by atoms with Crippen LogP contribution in [0.25, 0.3) is 0 Å². The predicted molar refractivity (Wildman–Crippen MR) is 76.9 cm³/mol. The van der Waals surface area contributed by atoms with Crippen molar-refractivity contribution in [1.29, 1.82) is 0 Å². The van der Waals surface area contributed by atoms with Gasteiger partial charge in [-0.05, 0) is 38.6 Å². The van der Waals surface area contributed by atoms with E-state index in [1.54, 1.807) is 0 Å². The van der Waals surface area contributed by atoms with Crippen molar-refractivity contribution in [2.75, 3.05) is 33.7 Å². The fraction of sp³-hybridized carbons (Fsp3) is 0.600. The molecule has 3 nitrogen and oxygen atoms in total. The van der Waals surface area contributed by atoms with E-state index in [-0.39, 0.29) is 0 Å². The molecule has 0 aliphatic carbocycles. The molecule has 0 amide bonds. The summed E-state index contributed by atoms with van der Waals surface area (Å²) >= 11 is 0. The number of nitrogens with zero attached hydrogens (tertiary/aromatic N) is 1. The number of aryl methyl sites for hydroxylation is 1. The van der Waals surface area contributed by atoms with Crippen LogP contribution in [0.1, 0.15) is 23.6 Å². The molecule has 1 saturated heterocycles. The number of nitrogens with one attached hydrogen (secondary N) is 2. The zero-order valence-corrected chi connectivity index (χ0v) is 11.7. The van der Waals surface area contributed by atoms with Gasteiger partial charge in [0.1, 0.15) is 0 Å². The van der Waals surface area contributed by atoms with Crippen molar-refractivity contribution >= 4 is 0 Å². The van der Waals surface area contributed by atoms with Gasteiger partial charge in [-0.25, -0.2) is 0 Å². The van der Waals surface area contributed by atoms with E-state index in [9.17, 15) is 0 Å². The van der Waals surface area contributed by atoms with Gasteiger partial charge in [0.25, 0.3) is 0 Å². The summed E-state index contributed by atoms with van der Waals surface area (Å²) in [5.74, 6) is 0. The summed E-state index contributed by atoms with van der Waals surface area (Å²) < 4.78 is 0. The van der Waals surface area contributed by atoms with E-state index in [4.69, 9.17) is 0 Å². The van der Waals surface area contributed by atoms with Gasteiger partial charge in [-0.15, -0.1) is 0 Å². The third-order valence-electron chi connectivity index (χ3n) is 4.06. The van der Waals surface area contributed by atoms with Gasteiger partial charge in [-0.3, -0.25) is 0 Å². The Kier molecular flexibility index (Phi) is 4.75. The smallest absolute Gasteiger partial charge is 0.0335 e. The summed E-state index contributed by atoms with van der Waals surface area (Å²) in [7, 11) is 4.30. The minimum Gasteiger partial charge on any atom is -0.314 e. The molecule has 0 saturated carbocycles. The van der Waals surface area contributed by atoms with Gasteiger partial charge in [0.05, 0.1) is 0 Å². The Bertz CT molecular complexity index is 378. The average molecular weight is 247 g/mol. The van der Waals surface area contributed by atoms with Crippen molar-refractivity contribution in [2.45, 2.75) is 25.4 Å². The molecule has 18 heavy (non-hydrogen) atoms. The van der Waals surface area contributed by atoms with Crippen LogP contribution >= 0.6 is 0 Å². The van der Waals surface area contributed by atoms with Gasteiger partial charge in [-0.2, -0.15) is 0 Å². The normalized spacial score (nSPS) is 22.9. The first-order chi connectivity index (χ1) is 8.72. The molecule has 0 spiro atoms. The topological polar surface area (TPSA) is 27.3 Å². The molecule has 1 aromatic rings. The maximum atomic E-state index is 3.49. The van der Waals surface area contributed by atoms with Crippen molar-refractivity contribution in [3.63, 3.8) is 0 Å². The lowest BCUT2D eigenvalue weighted by molar-refractivity contribution is 0.178. The summed E-state index contributed by atoms with van der Waals surface area (Å²) in [5.41, 5.74) is 2.81. The van der Waals surface area contributed by atoms with Crippen LogP contribution in [0, 0.1) is 6.92 Å². The Morgan fingerprint density at radius 3 is 2.89 bits per heavy atom. The molecule has 0 aromatic heterocycles. The second kappa shape index (κ2) is 6.32. The maximum Gasteiger partial charge on any atom is 0.0335 e. The average Bonchev–Trinajstić information content (AvgIpc) is 2.39. The Labute approximate surface area is 111 Å². The molecule has 1 aliphatic rings. The summed E-state index contributed by atoms with van der Waals surface area (Å²) in [6.45, 7) is 5.56. The van der Waals surface area contributed by atoms with Crippen LogP contribution in [0.2, 0.25) is 0 Å². The quantitative estimate of drug-likeness (QED) is 0.845. The van der Waals surface area contributed by atoms with Gasteiger partial charge in [0, 0.05) is 31.7 Å². The molecule has 2 unspecified atom stereocenters. The first-order valence-corrected chi connectivity index (χ1v) is 6.86. The Morgan fingerprint density at radius 1 is 1.44 bits per heavy atom. The van der Waals surface area contributed by atoms with E-state index < -0.39 is 0 Å². The van der Waals surface area contributed by atoms with Gasteiger partial charge >= 0.3 is 0 Å². The minimum atomic E-state index is 0.443. The second-order valence-electron chi connectivity index (χ2n) is 5.27. The van der Waals surface area contributed by atoms with E-state index in [1.165, 1.54) is 11.1 Å². The number of rotatable bonds is 4.